The molecule has 0 radical (unpaired) electrons. The lowest BCUT2D eigenvalue weighted by Gasteiger charge is -2.11. The molecule has 1 heterocycles. The van der Waals surface area contributed by atoms with Gasteiger partial charge >= 0.3 is 5.97 Å². The van der Waals surface area contributed by atoms with Crippen molar-refractivity contribution < 1.29 is 14.1 Å². The number of aryl methyl sites for hydroxylation is 1. The van der Waals surface area contributed by atoms with Crippen LogP contribution in [0.15, 0.2) is 40.9 Å². The lowest BCUT2D eigenvalue weighted by atomic mass is 10.0. The van der Waals surface area contributed by atoms with Gasteiger partial charge in [-0.2, -0.15) is 4.98 Å². The largest absolute Gasteiger partial charge is 0.465 e. The summed E-state index contributed by atoms with van der Waals surface area (Å²) < 4.78 is 10.1. The Balaban J connectivity index is 1.87. The van der Waals surface area contributed by atoms with Gasteiger partial charge in [0, 0.05) is 12.1 Å². The Labute approximate surface area is 139 Å². The Bertz CT molecular complexity index is 858. The van der Waals surface area contributed by atoms with Gasteiger partial charge < -0.3 is 14.6 Å². The van der Waals surface area contributed by atoms with Gasteiger partial charge in [-0.05, 0) is 29.3 Å². The number of esters is 1. The predicted octanol–water partition coefficient (Wildman–Crippen LogP) is 3.57. The Morgan fingerprint density at radius 2 is 2.00 bits per heavy atom. The third kappa shape index (κ3) is 3.37. The Morgan fingerprint density at radius 1 is 1.25 bits per heavy atom. The van der Waals surface area contributed by atoms with Crippen LogP contribution >= 0.6 is 0 Å². The van der Waals surface area contributed by atoms with E-state index < -0.39 is 0 Å². The minimum atomic E-state index is -0.388. The number of rotatable bonds is 6. The first-order valence-electron chi connectivity index (χ1n) is 7.87. The molecule has 6 nitrogen and oxygen atoms in total. The zero-order valence-electron chi connectivity index (χ0n) is 13.7. The second-order valence-electron chi connectivity index (χ2n) is 5.44. The quantitative estimate of drug-likeness (QED) is 0.698. The van der Waals surface area contributed by atoms with Gasteiger partial charge in [-0.25, -0.2) is 4.79 Å². The van der Waals surface area contributed by atoms with Crippen molar-refractivity contribution in [3.05, 3.63) is 53.7 Å². The summed E-state index contributed by atoms with van der Waals surface area (Å²) in [7, 11) is 1.37. The van der Waals surface area contributed by atoms with E-state index in [2.05, 4.69) is 22.4 Å². The Hall–Kier alpha value is -2.89. The second-order valence-corrected chi connectivity index (χ2v) is 5.44. The summed E-state index contributed by atoms with van der Waals surface area (Å²) >= 11 is 0. The third-order valence-electron chi connectivity index (χ3n) is 3.70. The van der Waals surface area contributed by atoms with Crippen LogP contribution in [0.5, 0.6) is 0 Å². The van der Waals surface area contributed by atoms with Gasteiger partial charge in [0.2, 0.25) is 5.89 Å². The molecule has 0 saturated heterocycles. The third-order valence-corrected chi connectivity index (χ3v) is 3.70. The van der Waals surface area contributed by atoms with Crippen molar-refractivity contribution in [1.82, 2.24) is 10.1 Å². The first kappa shape index (κ1) is 16.0. The number of nitrogens with one attached hydrogen (secondary N) is 1. The smallest absolute Gasteiger partial charge is 0.339 e. The molecule has 0 unspecified atom stereocenters. The maximum Gasteiger partial charge on any atom is 0.339 e. The van der Waals surface area contributed by atoms with E-state index in [1.54, 1.807) is 0 Å². The molecule has 6 heteroatoms. The molecule has 3 rings (SSSR count). The highest BCUT2D eigenvalue weighted by atomic mass is 16.5. The van der Waals surface area contributed by atoms with Crippen LogP contribution in [0.4, 0.5) is 5.69 Å². The summed E-state index contributed by atoms with van der Waals surface area (Å²) in [6.45, 7) is 2.41. The van der Waals surface area contributed by atoms with E-state index in [1.807, 2.05) is 36.4 Å². The molecule has 0 spiro atoms. The molecular weight excluding hydrogens is 306 g/mol. The second kappa shape index (κ2) is 7.12. The molecule has 24 heavy (non-hydrogen) atoms. The summed E-state index contributed by atoms with van der Waals surface area (Å²) in [4.78, 5) is 16.4. The molecule has 0 aliphatic rings. The number of nitrogens with zero attached hydrogens (tertiary/aromatic N) is 2. The van der Waals surface area contributed by atoms with E-state index in [9.17, 15) is 4.79 Å². The summed E-state index contributed by atoms with van der Waals surface area (Å²) in [6.07, 6.45) is 1.75. The first-order valence-corrected chi connectivity index (χ1v) is 7.87. The fourth-order valence-electron chi connectivity index (χ4n) is 2.52. The van der Waals surface area contributed by atoms with Crippen molar-refractivity contribution in [3.8, 4) is 0 Å². The van der Waals surface area contributed by atoms with Crippen molar-refractivity contribution >= 4 is 22.4 Å². The minimum Gasteiger partial charge on any atom is -0.465 e. The van der Waals surface area contributed by atoms with Crippen LogP contribution < -0.4 is 5.32 Å². The van der Waals surface area contributed by atoms with E-state index >= 15 is 0 Å². The van der Waals surface area contributed by atoms with Crippen molar-refractivity contribution in [2.45, 2.75) is 26.3 Å². The average Bonchev–Trinajstić information content (AvgIpc) is 3.06. The maximum atomic E-state index is 12.1. The van der Waals surface area contributed by atoms with Gasteiger partial charge in [0.15, 0.2) is 5.82 Å². The van der Waals surface area contributed by atoms with E-state index in [0.717, 1.165) is 23.6 Å². The lowest BCUT2D eigenvalue weighted by molar-refractivity contribution is 0.0602. The Morgan fingerprint density at radius 3 is 2.71 bits per heavy atom. The van der Waals surface area contributed by atoms with Crippen LogP contribution in [-0.2, 0) is 17.7 Å². The monoisotopic (exact) mass is 325 g/mol. The molecular formula is C18H19N3O3. The van der Waals surface area contributed by atoms with Crippen LogP contribution in [0, 0.1) is 0 Å². The average molecular weight is 325 g/mol. The zero-order chi connectivity index (χ0) is 16.9. The highest BCUT2D eigenvalue weighted by Crippen LogP contribution is 2.25. The van der Waals surface area contributed by atoms with Crippen molar-refractivity contribution in [1.29, 1.82) is 0 Å². The molecule has 0 aliphatic heterocycles. The number of anilines is 1. The number of hydrogen-bond acceptors (Lipinski definition) is 6. The number of ether oxygens (including phenoxy) is 1. The highest BCUT2D eigenvalue weighted by molar-refractivity contribution is 6.01. The number of aromatic nitrogens is 2. The summed E-state index contributed by atoms with van der Waals surface area (Å²) in [5.74, 6) is 0.795. The topological polar surface area (TPSA) is 77.2 Å². The first-order chi connectivity index (χ1) is 11.7. The number of carbonyl (C=O) groups excluding carboxylic acids is 1. The standard InChI is InChI=1S/C18H19N3O3/c1-3-6-16-20-17(24-21-16)11-19-15-10-13-8-5-4-7-12(13)9-14(15)18(22)23-2/h4-5,7-10,19H,3,6,11H2,1-2H3. The van der Waals surface area contributed by atoms with Crippen molar-refractivity contribution in [3.63, 3.8) is 0 Å². The van der Waals surface area contributed by atoms with E-state index in [4.69, 9.17) is 9.26 Å². The normalized spacial score (nSPS) is 10.8. The van der Waals surface area contributed by atoms with Gasteiger partial charge in [-0.15, -0.1) is 0 Å². The van der Waals surface area contributed by atoms with Gasteiger partial charge in [0.25, 0.3) is 0 Å². The molecule has 0 aliphatic carbocycles. The van der Waals surface area contributed by atoms with Crippen LogP contribution in [0.3, 0.4) is 0 Å². The van der Waals surface area contributed by atoms with Crippen LogP contribution in [0.2, 0.25) is 0 Å². The van der Waals surface area contributed by atoms with Crippen molar-refractivity contribution in [2.75, 3.05) is 12.4 Å². The van der Waals surface area contributed by atoms with Gasteiger partial charge in [-0.3, -0.25) is 0 Å². The number of benzene rings is 2. The van der Waals surface area contributed by atoms with Gasteiger partial charge in [-0.1, -0.05) is 36.3 Å². The Kier molecular flexibility index (Phi) is 4.74. The van der Waals surface area contributed by atoms with Crippen molar-refractivity contribution in [2.24, 2.45) is 0 Å². The molecule has 0 atom stereocenters. The van der Waals surface area contributed by atoms with Gasteiger partial charge in [0.1, 0.15) is 0 Å². The molecule has 0 bridgehead atoms. The summed E-state index contributed by atoms with van der Waals surface area (Å²) in [6, 6.07) is 11.6. The van der Waals surface area contributed by atoms with E-state index in [-0.39, 0.29) is 5.97 Å². The molecule has 3 aromatic rings. The maximum absolute atomic E-state index is 12.1. The lowest BCUT2D eigenvalue weighted by Crippen LogP contribution is -2.08. The van der Waals surface area contributed by atoms with Crippen LogP contribution in [0.25, 0.3) is 10.8 Å². The van der Waals surface area contributed by atoms with E-state index in [0.29, 0.717) is 29.5 Å². The number of fused-ring (bicyclic) bond motifs is 1. The predicted molar refractivity (Wildman–Crippen MR) is 90.9 cm³/mol. The number of hydrogen-bond donors (Lipinski definition) is 1. The van der Waals surface area contributed by atoms with Crippen LogP contribution in [-0.4, -0.2) is 23.2 Å². The molecule has 0 amide bonds. The summed E-state index contributed by atoms with van der Waals surface area (Å²) in [5.41, 5.74) is 1.15. The highest BCUT2D eigenvalue weighted by Gasteiger charge is 2.14. The fraction of sp³-hybridized carbons (Fsp3) is 0.278. The van der Waals surface area contributed by atoms with E-state index in [1.165, 1.54) is 7.11 Å². The number of methoxy groups -OCH3 is 1. The zero-order valence-corrected chi connectivity index (χ0v) is 13.7. The number of carbonyl (C=O) groups is 1. The van der Waals surface area contributed by atoms with Crippen LogP contribution in [0.1, 0.15) is 35.4 Å². The fourth-order valence-corrected chi connectivity index (χ4v) is 2.52. The molecule has 2 aromatic carbocycles. The molecule has 0 saturated carbocycles. The molecule has 124 valence electrons. The molecule has 1 aromatic heterocycles. The minimum absolute atomic E-state index is 0.346. The van der Waals surface area contributed by atoms with Gasteiger partial charge in [0.05, 0.1) is 19.2 Å². The molecule has 0 fully saturated rings. The molecule has 1 N–H and O–H groups in total. The summed E-state index contributed by atoms with van der Waals surface area (Å²) in [5, 5.41) is 9.13. The SMILES string of the molecule is CCCc1noc(CNc2cc3ccccc3cc2C(=O)OC)n1.